The fraction of sp³-hybridized carbons (Fsp3) is 0.565. The lowest BCUT2D eigenvalue weighted by Gasteiger charge is -2.27. The number of carbonyl (C=O) groups is 3. The van der Waals surface area contributed by atoms with E-state index in [0.717, 1.165) is 31.6 Å². The van der Waals surface area contributed by atoms with Crippen molar-refractivity contribution in [1.29, 1.82) is 0 Å². The Bertz CT molecular complexity index is 1050. The average molecular weight is 424 g/mol. The van der Waals surface area contributed by atoms with Gasteiger partial charge in [-0.2, -0.15) is 5.10 Å². The normalized spacial score (nSPS) is 29.2. The fourth-order valence-corrected chi connectivity index (χ4v) is 5.56. The first-order valence-corrected chi connectivity index (χ1v) is 11.3. The molecule has 2 saturated carbocycles. The second-order valence-electron chi connectivity index (χ2n) is 9.53. The molecule has 164 valence electrons. The Labute approximate surface area is 181 Å². The van der Waals surface area contributed by atoms with E-state index in [1.54, 1.807) is 11.0 Å². The van der Waals surface area contributed by atoms with E-state index in [4.69, 9.17) is 5.73 Å². The largest absolute Gasteiger partial charge is 0.364 e. The van der Waals surface area contributed by atoms with Crippen LogP contribution in [0, 0.1) is 17.8 Å². The maximum atomic E-state index is 13.3. The van der Waals surface area contributed by atoms with E-state index < -0.39 is 11.9 Å². The number of likely N-dealkylation sites (tertiary alicyclic amines) is 1. The predicted molar refractivity (Wildman–Crippen MR) is 115 cm³/mol. The van der Waals surface area contributed by atoms with Crippen LogP contribution in [-0.4, -0.2) is 51.0 Å². The Morgan fingerprint density at radius 1 is 1.16 bits per heavy atom. The Morgan fingerprint density at radius 3 is 2.71 bits per heavy atom. The molecule has 2 aromatic rings. The molecule has 3 amide bonds. The van der Waals surface area contributed by atoms with Gasteiger partial charge in [-0.25, -0.2) is 0 Å². The molecule has 3 fully saturated rings. The van der Waals surface area contributed by atoms with Crippen LogP contribution in [0.3, 0.4) is 0 Å². The topological polar surface area (TPSA) is 110 Å². The molecule has 1 aliphatic heterocycles. The van der Waals surface area contributed by atoms with E-state index >= 15 is 0 Å². The van der Waals surface area contributed by atoms with Gasteiger partial charge in [0.25, 0.3) is 5.91 Å². The summed E-state index contributed by atoms with van der Waals surface area (Å²) in [6.45, 7) is 2.94. The van der Waals surface area contributed by atoms with Gasteiger partial charge < -0.3 is 16.0 Å². The molecule has 5 atom stereocenters. The Kier molecular flexibility index (Phi) is 4.95. The number of hydrogen-bond acceptors (Lipinski definition) is 4. The Hall–Kier alpha value is -2.90. The van der Waals surface area contributed by atoms with Gasteiger partial charge in [-0.1, -0.05) is 31.5 Å². The number of amides is 3. The van der Waals surface area contributed by atoms with Crippen LogP contribution in [0.1, 0.15) is 49.5 Å². The highest BCUT2D eigenvalue weighted by atomic mass is 16.2. The molecule has 1 saturated heterocycles. The van der Waals surface area contributed by atoms with Gasteiger partial charge in [-0.15, -0.1) is 0 Å². The maximum Gasteiger partial charge on any atom is 0.269 e. The van der Waals surface area contributed by atoms with Crippen LogP contribution in [-0.2, 0) is 16.1 Å². The molecule has 2 aliphatic carbocycles. The van der Waals surface area contributed by atoms with Gasteiger partial charge in [0.1, 0.15) is 12.6 Å². The Balaban J connectivity index is 1.30. The molecule has 5 rings (SSSR count). The second kappa shape index (κ2) is 7.66. The van der Waals surface area contributed by atoms with Crippen molar-refractivity contribution < 1.29 is 14.4 Å². The SMILES string of the molecule is C[C@@H]1CCC(CNC(=O)[C@@H]2C[C@H]3C[C@H]3N2C(=O)Cn2nc(C(N)=O)c3ccccc32)C1. The minimum Gasteiger partial charge on any atom is -0.364 e. The van der Waals surface area contributed by atoms with Gasteiger partial charge in [-0.3, -0.25) is 19.1 Å². The van der Waals surface area contributed by atoms with Crippen molar-refractivity contribution in [2.45, 2.75) is 57.7 Å². The number of para-hydroxylation sites is 1. The van der Waals surface area contributed by atoms with E-state index in [1.165, 1.54) is 11.1 Å². The molecule has 1 unspecified atom stereocenters. The minimum atomic E-state index is -0.621. The summed E-state index contributed by atoms with van der Waals surface area (Å²) < 4.78 is 1.53. The number of piperidine rings is 1. The summed E-state index contributed by atoms with van der Waals surface area (Å²) in [4.78, 5) is 39.7. The van der Waals surface area contributed by atoms with Crippen molar-refractivity contribution in [3.8, 4) is 0 Å². The van der Waals surface area contributed by atoms with Crippen LogP contribution in [0.5, 0.6) is 0 Å². The number of hydrogen-bond donors (Lipinski definition) is 2. The summed E-state index contributed by atoms with van der Waals surface area (Å²) in [5, 5.41) is 8.04. The summed E-state index contributed by atoms with van der Waals surface area (Å²) in [5.74, 6) is 0.896. The standard InChI is InChI=1S/C23H29N5O3/c1-13-6-7-14(8-13)11-25-23(31)19-10-15-9-18(15)28(19)20(29)12-27-17-5-3-2-4-16(17)21(26-27)22(24)30/h2-5,13-15,18-19H,6-12H2,1H3,(H2,24,30)(H,25,31)/t13-,14?,15-,18-,19+/m1/s1. The fourth-order valence-electron chi connectivity index (χ4n) is 5.56. The smallest absolute Gasteiger partial charge is 0.269 e. The molecule has 1 aromatic heterocycles. The number of aromatic nitrogens is 2. The molecule has 0 spiro atoms. The van der Waals surface area contributed by atoms with Crippen molar-refractivity contribution in [2.24, 2.45) is 23.5 Å². The van der Waals surface area contributed by atoms with E-state index in [0.29, 0.717) is 29.3 Å². The van der Waals surface area contributed by atoms with E-state index in [9.17, 15) is 14.4 Å². The van der Waals surface area contributed by atoms with Crippen molar-refractivity contribution in [3.63, 3.8) is 0 Å². The van der Waals surface area contributed by atoms with Crippen molar-refractivity contribution in [1.82, 2.24) is 20.0 Å². The van der Waals surface area contributed by atoms with Crippen LogP contribution in [0.15, 0.2) is 24.3 Å². The quantitative estimate of drug-likeness (QED) is 0.736. The minimum absolute atomic E-state index is 0.0130. The van der Waals surface area contributed by atoms with E-state index in [1.807, 2.05) is 18.2 Å². The predicted octanol–water partition coefficient (Wildman–Crippen LogP) is 1.68. The molecule has 31 heavy (non-hydrogen) atoms. The van der Waals surface area contributed by atoms with Crippen LogP contribution in [0.2, 0.25) is 0 Å². The van der Waals surface area contributed by atoms with Gasteiger partial charge in [-0.05, 0) is 49.5 Å². The molecule has 0 radical (unpaired) electrons. The van der Waals surface area contributed by atoms with Crippen LogP contribution >= 0.6 is 0 Å². The number of benzene rings is 1. The highest BCUT2D eigenvalue weighted by molar-refractivity contribution is 6.04. The summed E-state index contributed by atoms with van der Waals surface area (Å²) >= 11 is 0. The zero-order chi connectivity index (χ0) is 21.7. The third-order valence-corrected chi connectivity index (χ3v) is 7.24. The van der Waals surface area contributed by atoms with E-state index in [2.05, 4.69) is 17.3 Å². The lowest BCUT2D eigenvalue weighted by Crippen LogP contribution is -2.49. The summed E-state index contributed by atoms with van der Waals surface area (Å²) in [7, 11) is 0. The van der Waals surface area contributed by atoms with E-state index in [-0.39, 0.29) is 30.1 Å². The van der Waals surface area contributed by atoms with Crippen LogP contribution < -0.4 is 11.1 Å². The maximum absolute atomic E-state index is 13.3. The van der Waals surface area contributed by atoms with Gasteiger partial charge >= 0.3 is 0 Å². The molecule has 8 heteroatoms. The molecule has 3 aliphatic rings. The summed E-state index contributed by atoms with van der Waals surface area (Å²) in [6.07, 6.45) is 5.24. The number of rotatable bonds is 6. The van der Waals surface area contributed by atoms with Crippen LogP contribution in [0.25, 0.3) is 10.9 Å². The van der Waals surface area contributed by atoms with Crippen LogP contribution in [0.4, 0.5) is 0 Å². The molecular formula is C23H29N5O3. The Morgan fingerprint density at radius 2 is 1.97 bits per heavy atom. The van der Waals surface area contributed by atoms with Gasteiger partial charge in [0.2, 0.25) is 11.8 Å². The number of nitrogens with one attached hydrogen (secondary N) is 1. The number of nitrogens with two attached hydrogens (primary N) is 1. The van der Waals surface area contributed by atoms with Gasteiger partial charge in [0.05, 0.1) is 5.52 Å². The molecule has 1 aromatic carbocycles. The molecule has 2 heterocycles. The molecule has 0 bridgehead atoms. The second-order valence-corrected chi connectivity index (χ2v) is 9.53. The monoisotopic (exact) mass is 423 g/mol. The molecule has 8 nitrogen and oxygen atoms in total. The molecular weight excluding hydrogens is 394 g/mol. The third-order valence-electron chi connectivity index (χ3n) is 7.24. The summed E-state index contributed by atoms with van der Waals surface area (Å²) in [5.41, 5.74) is 6.32. The lowest BCUT2D eigenvalue weighted by atomic mass is 10.1. The third kappa shape index (κ3) is 3.68. The number of carbonyl (C=O) groups excluding carboxylic acids is 3. The highest BCUT2D eigenvalue weighted by Crippen LogP contribution is 2.48. The first-order chi connectivity index (χ1) is 14.9. The van der Waals surface area contributed by atoms with Gasteiger partial charge in [0, 0.05) is 18.0 Å². The van der Waals surface area contributed by atoms with Gasteiger partial charge in [0.15, 0.2) is 5.69 Å². The number of primary amides is 1. The van der Waals surface area contributed by atoms with Crippen molar-refractivity contribution in [2.75, 3.05) is 6.54 Å². The zero-order valence-corrected chi connectivity index (χ0v) is 17.8. The van der Waals surface area contributed by atoms with Crippen molar-refractivity contribution >= 4 is 28.6 Å². The number of nitrogens with zero attached hydrogens (tertiary/aromatic N) is 3. The number of fused-ring (bicyclic) bond motifs is 2. The highest BCUT2D eigenvalue weighted by Gasteiger charge is 2.56. The zero-order valence-electron chi connectivity index (χ0n) is 17.8. The summed E-state index contributed by atoms with van der Waals surface area (Å²) in [6, 6.07) is 6.97. The average Bonchev–Trinajstić information content (AvgIpc) is 3.08. The molecule has 3 N–H and O–H groups in total. The lowest BCUT2D eigenvalue weighted by molar-refractivity contribution is -0.140. The first-order valence-electron chi connectivity index (χ1n) is 11.3. The van der Waals surface area contributed by atoms with Crippen molar-refractivity contribution in [3.05, 3.63) is 30.0 Å². The first kappa shape index (κ1) is 20.0.